The van der Waals surface area contributed by atoms with E-state index in [9.17, 15) is 0 Å². The van der Waals surface area contributed by atoms with Gasteiger partial charge in [0.25, 0.3) is 0 Å². The molecule has 0 radical (unpaired) electrons. The molecule has 1 aromatic carbocycles. The summed E-state index contributed by atoms with van der Waals surface area (Å²) in [4.78, 5) is 22.9. The molecule has 1 atom stereocenters. The predicted molar refractivity (Wildman–Crippen MR) is 154 cm³/mol. The molecule has 38 heavy (non-hydrogen) atoms. The van der Waals surface area contributed by atoms with Gasteiger partial charge < -0.3 is 15.6 Å². The summed E-state index contributed by atoms with van der Waals surface area (Å²) in [5.41, 5.74) is 5.78. The Morgan fingerprint density at radius 3 is 2.71 bits per heavy atom. The van der Waals surface area contributed by atoms with Crippen LogP contribution in [-0.4, -0.2) is 44.1 Å². The van der Waals surface area contributed by atoms with Gasteiger partial charge in [-0.25, -0.2) is 15.0 Å². The Morgan fingerprint density at radius 1 is 1.03 bits per heavy atom. The molecule has 2 aliphatic rings. The molecule has 3 N–H and O–H groups in total. The number of pyridine rings is 2. The summed E-state index contributed by atoms with van der Waals surface area (Å²) in [6.45, 7) is 6.59. The minimum absolute atomic E-state index is 0.0941. The number of benzene rings is 1. The van der Waals surface area contributed by atoms with Gasteiger partial charge in [0, 0.05) is 57.6 Å². The highest BCUT2D eigenvalue weighted by Crippen LogP contribution is 2.45. The summed E-state index contributed by atoms with van der Waals surface area (Å²) in [5.74, 6) is 2.11. The van der Waals surface area contributed by atoms with Crippen LogP contribution < -0.4 is 10.6 Å². The second kappa shape index (κ2) is 9.03. The number of piperidine rings is 1. The zero-order valence-electron chi connectivity index (χ0n) is 21.6. The fourth-order valence-electron chi connectivity index (χ4n) is 5.69. The maximum absolute atomic E-state index is 6.51. The number of aromatic amines is 1. The maximum atomic E-state index is 6.51. The minimum Gasteiger partial charge on any atom is -0.366 e. The maximum Gasteiger partial charge on any atom is 0.163 e. The zero-order valence-corrected chi connectivity index (χ0v) is 22.3. The number of fused-ring (bicyclic) bond motifs is 2. The van der Waals surface area contributed by atoms with E-state index in [1.807, 2.05) is 42.7 Å². The van der Waals surface area contributed by atoms with Crippen molar-refractivity contribution in [2.75, 3.05) is 18.4 Å². The standard InChI is InChI=1S/C30H30ClN7/c1-30(2)16-32-11-10-25(30)37-29-26-21(17-7-8-17)14-33-15-24(26)36-28(38-29)18-9-12-34-27-20(18)13-23(35-27)19-5-3-4-6-22(19)31/h3-6,9,12-15,17,25,32H,7-8,10-11,16H2,1-2H3,(H,34,35)(H,36,37,38). The molecule has 0 spiro atoms. The fourth-order valence-corrected chi connectivity index (χ4v) is 5.93. The van der Waals surface area contributed by atoms with Crippen LogP contribution in [0.3, 0.4) is 0 Å². The number of halogens is 1. The predicted octanol–water partition coefficient (Wildman–Crippen LogP) is 6.57. The van der Waals surface area contributed by atoms with Crippen molar-refractivity contribution in [2.24, 2.45) is 5.41 Å². The third-order valence-corrected chi connectivity index (χ3v) is 8.36. The molecule has 0 amide bonds. The summed E-state index contributed by atoms with van der Waals surface area (Å²) in [6.07, 6.45) is 9.11. The first-order chi connectivity index (χ1) is 18.5. The minimum atomic E-state index is 0.0941. The molecule has 1 unspecified atom stereocenters. The van der Waals surface area contributed by atoms with Crippen molar-refractivity contribution in [3.8, 4) is 22.6 Å². The number of nitrogens with zero attached hydrogens (tertiary/aromatic N) is 4. The van der Waals surface area contributed by atoms with Crippen molar-refractivity contribution in [1.29, 1.82) is 0 Å². The van der Waals surface area contributed by atoms with Gasteiger partial charge in [-0.15, -0.1) is 0 Å². The van der Waals surface area contributed by atoms with E-state index in [-0.39, 0.29) is 5.41 Å². The first-order valence-corrected chi connectivity index (χ1v) is 13.7. The van der Waals surface area contributed by atoms with Crippen LogP contribution in [0.15, 0.2) is 55.0 Å². The average molecular weight is 524 g/mol. The van der Waals surface area contributed by atoms with E-state index < -0.39 is 0 Å². The van der Waals surface area contributed by atoms with Crippen molar-refractivity contribution in [1.82, 2.24) is 30.2 Å². The number of nitrogens with one attached hydrogen (secondary N) is 3. The van der Waals surface area contributed by atoms with Gasteiger partial charge in [0.05, 0.1) is 11.7 Å². The van der Waals surface area contributed by atoms with Crippen LogP contribution in [0.25, 0.3) is 44.6 Å². The number of anilines is 1. The molecule has 5 heterocycles. The van der Waals surface area contributed by atoms with Crippen molar-refractivity contribution >= 4 is 39.4 Å². The van der Waals surface area contributed by atoms with Crippen LogP contribution in [0.5, 0.6) is 0 Å². The lowest BCUT2D eigenvalue weighted by molar-refractivity contribution is 0.236. The van der Waals surface area contributed by atoms with Gasteiger partial charge in [-0.2, -0.15) is 0 Å². The molecule has 5 aromatic rings. The molecule has 192 valence electrons. The first-order valence-electron chi connectivity index (χ1n) is 13.3. The molecular weight excluding hydrogens is 494 g/mol. The highest BCUT2D eigenvalue weighted by Gasteiger charge is 2.34. The van der Waals surface area contributed by atoms with E-state index in [0.717, 1.165) is 64.1 Å². The molecular formula is C30H30ClN7. The Bertz CT molecular complexity index is 1670. The molecule has 1 saturated carbocycles. The summed E-state index contributed by atoms with van der Waals surface area (Å²) >= 11 is 6.51. The first kappa shape index (κ1) is 23.6. The van der Waals surface area contributed by atoms with E-state index in [1.165, 1.54) is 18.4 Å². The van der Waals surface area contributed by atoms with E-state index in [1.54, 1.807) is 6.20 Å². The molecule has 2 fully saturated rings. The van der Waals surface area contributed by atoms with Crippen LogP contribution in [0.1, 0.15) is 44.6 Å². The Kier molecular flexibility index (Phi) is 5.60. The molecule has 1 saturated heterocycles. The molecule has 4 aromatic heterocycles. The Balaban J connectivity index is 1.40. The summed E-state index contributed by atoms with van der Waals surface area (Å²) in [5, 5.41) is 10.2. The highest BCUT2D eigenvalue weighted by molar-refractivity contribution is 6.33. The van der Waals surface area contributed by atoms with Gasteiger partial charge in [0.15, 0.2) is 5.82 Å². The van der Waals surface area contributed by atoms with Gasteiger partial charge in [-0.3, -0.25) is 4.98 Å². The van der Waals surface area contributed by atoms with E-state index in [0.29, 0.717) is 22.8 Å². The fraction of sp³-hybridized carbons (Fsp3) is 0.333. The second-order valence-electron chi connectivity index (χ2n) is 11.2. The number of rotatable bonds is 5. The summed E-state index contributed by atoms with van der Waals surface area (Å²) < 4.78 is 0. The van der Waals surface area contributed by atoms with Crippen molar-refractivity contribution < 1.29 is 0 Å². The van der Waals surface area contributed by atoms with Gasteiger partial charge in [0.2, 0.25) is 0 Å². The highest BCUT2D eigenvalue weighted by atomic mass is 35.5. The monoisotopic (exact) mass is 523 g/mol. The largest absolute Gasteiger partial charge is 0.366 e. The van der Waals surface area contributed by atoms with E-state index >= 15 is 0 Å². The summed E-state index contributed by atoms with van der Waals surface area (Å²) in [7, 11) is 0. The lowest BCUT2D eigenvalue weighted by atomic mass is 9.80. The van der Waals surface area contributed by atoms with E-state index in [2.05, 4.69) is 45.5 Å². The van der Waals surface area contributed by atoms with Gasteiger partial charge in [-0.1, -0.05) is 43.6 Å². The van der Waals surface area contributed by atoms with Gasteiger partial charge in [0.1, 0.15) is 11.5 Å². The lowest BCUT2D eigenvalue weighted by Crippen LogP contribution is -2.49. The molecule has 1 aliphatic carbocycles. The van der Waals surface area contributed by atoms with Gasteiger partial charge >= 0.3 is 0 Å². The third kappa shape index (κ3) is 4.10. The van der Waals surface area contributed by atoms with E-state index in [4.69, 9.17) is 21.6 Å². The topological polar surface area (TPSA) is 91.4 Å². The smallest absolute Gasteiger partial charge is 0.163 e. The van der Waals surface area contributed by atoms with Crippen LogP contribution in [0.2, 0.25) is 5.02 Å². The van der Waals surface area contributed by atoms with Crippen molar-refractivity contribution in [2.45, 2.75) is 45.1 Å². The Labute approximate surface area is 226 Å². The number of H-pyrrole nitrogens is 1. The van der Waals surface area contributed by atoms with Crippen LogP contribution in [-0.2, 0) is 0 Å². The molecule has 0 bridgehead atoms. The number of aromatic nitrogens is 5. The van der Waals surface area contributed by atoms with Crippen molar-refractivity contribution in [3.05, 3.63) is 65.6 Å². The van der Waals surface area contributed by atoms with Crippen LogP contribution in [0, 0.1) is 5.41 Å². The SMILES string of the molecule is CC1(C)CNCCC1Nc1nc(-c2ccnc3[nH]c(-c4ccccc4Cl)cc23)nc2cncc(C3CC3)c12. The van der Waals surface area contributed by atoms with Crippen LogP contribution >= 0.6 is 11.6 Å². The lowest BCUT2D eigenvalue weighted by Gasteiger charge is -2.40. The summed E-state index contributed by atoms with van der Waals surface area (Å²) in [6, 6.07) is 12.2. The zero-order chi connectivity index (χ0) is 25.9. The normalized spacial score (nSPS) is 19.2. The second-order valence-corrected chi connectivity index (χ2v) is 11.6. The molecule has 7 nitrogen and oxygen atoms in total. The molecule has 1 aliphatic heterocycles. The van der Waals surface area contributed by atoms with Gasteiger partial charge in [-0.05, 0) is 60.9 Å². The Hall–Kier alpha value is -3.55. The molecule has 8 heteroatoms. The van der Waals surface area contributed by atoms with Crippen molar-refractivity contribution in [3.63, 3.8) is 0 Å². The third-order valence-electron chi connectivity index (χ3n) is 8.03. The molecule has 7 rings (SSSR count). The van der Waals surface area contributed by atoms with Crippen LogP contribution in [0.4, 0.5) is 5.82 Å². The number of hydrogen-bond acceptors (Lipinski definition) is 6. The Morgan fingerprint density at radius 2 is 1.89 bits per heavy atom. The average Bonchev–Trinajstić information content (AvgIpc) is 3.67. The quantitative estimate of drug-likeness (QED) is 0.241. The number of hydrogen-bond donors (Lipinski definition) is 3.